The Bertz CT molecular complexity index is 979. The lowest BCUT2D eigenvalue weighted by Gasteiger charge is -2.17. The Balaban J connectivity index is 1.73. The number of amides is 2. The zero-order valence-electron chi connectivity index (χ0n) is 16.3. The van der Waals surface area contributed by atoms with Crippen molar-refractivity contribution in [1.29, 1.82) is 0 Å². The minimum Gasteiger partial charge on any atom is -0.337 e. The van der Waals surface area contributed by atoms with E-state index in [0.29, 0.717) is 17.8 Å². The molecular formula is C23H23N3O2. The molecule has 0 atom stereocenters. The molecule has 142 valence electrons. The molecule has 5 nitrogen and oxygen atoms in total. The molecule has 0 aliphatic carbocycles. The van der Waals surface area contributed by atoms with E-state index in [1.165, 1.54) is 12.3 Å². The van der Waals surface area contributed by atoms with Crippen LogP contribution < -0.4 is 5.32 Å². The lowest BCUT2D eigenvalue weighted by molar-refractivity contribution is 0.0785. The van der Waals surface area contributed by atoms with Crippen LogP contribution >= 0.6 is 0 Å². The number of hydrogen-bond donors (Lipinski definition) is 1. The first-order chi connectivity index (χ1) is 13.4. The fraction of sp³-hybridized carbons (Fsp3) is 0.174. The summed E-state index contributed by atoms with van der Waals surface area (Å²) in [5, 5.41) is 2.85. The Kier molecular flexibility index (Phi) is 5.84. The molecule has 3 rings (SSSR count). The van der Waals surface area contributed by atoms with E-state index in [1.807, 2.05) is 62.4 Å². The number of carbonyl (C=O) groups excluding carboxylic acids is 2. The average Bonchev–Trinajstić information content (AvgIpc) is 2.67. The molecule has 1 aromatic heterocycles. The Hall–Kier alpha value is -3.47. The second-order valence-corrected chi connectivity index (χ2v) is 6.91. The molecule has 5 heteroatoms. The molecule has 0 saturated carbocycles. The van der Waals surface area contributed by atoms with Gasteiger partial charge in [0.2, 0.25) is 0 Å². The fourth-order valence-electron chi connectivity index (χ4n) is 3.08. The summed E-state index contributed by atoms with van der Waals surface area (Å²) in [5.41, 5.74) is 4.52. The summed E-state index contributed by atoms with van der Waals surface area (Å²) in [4.78, 5) is 31.1. The second-order valence-electron chi connectivity index (χ2n) is 6.91. The van der Waals surface area contributed by atoms with Gasteiger partial charge < -0.3 is 10.2 Å². The Morgan fingerprint density at radius 2 is 1.64 bits per heavy atom. The number of aryl methyl sites for hydroxylation is 2. The predicted molar refractivity (Wildman–Crippen MR) is 110 cm³/mol. The maximum atomic E-state index is 12.7. The minimum absolute atomic E-state index is 0.160. The molecule has 3 aromatic rings. The molecule has 1 heterocycles. The van der Waals surface area contributed by atoms with Gasteiger partial charge in [-0.1, -0.05) is 36.4 Å². The number of carbonyl (C=O) groups is 2. The minimum atomic E-state index is -0.342. The highest BCUT2D eigenvalue weighted by molar-refractivity contribution is 6.04. The van der Waals surface area contributed by atoms with Gasteiger partial charge in [0, 0.05) is 31.0 Å². The topological polar surface area (TPSA) is 62.3 Å². The van der Waals surface area contributed by atoms with Crippen LogP contribution in [-0.4, -0.2) is 28.7 Å². The largest absolute Gasteiger partial charge is 0.337 e. The number of nitrogens with zero attached hydrogens (tertiary/aromatic N) is 2. The fourth-order valence-corrected chi connectivity index (χ4v) is 3.08. The normalized spacial score (nSPS) is 10.4. The zero-order chi connectivity index (χ0) is 20.1. The van der Waals surface area contributed by atoms with Gasteiger partial charge in [-0.2, -0.15) is 0 Å². The highest BCUT2D eigenvalue weighted by Crippen LogP contribution is 2.15. The standard InChI is InChI=1S/C23H23N3O2/c1-16-11-17(2)13-20(12-16)25-22(27)21-14-19(9-10-24-21)23(28)26(3)15-18-7-5-4-6-8-18/h4-14H,15H2,1-3H3,(H,25,27). The smallest absolute Gasteiger partial charge is 0.274 e. The third-order valence-electron chi connectivity index (χ3n) is 4.33. The molecule has 2 amide bonds. The predicted octanol–water partition coefficient (Wildman–Crippen LogP) is 4.22. The highest BCUT2D eigenvalue weighted by atomic mass is 16.2. The SMILES string of the molecule is Cc1cc(C)cc(NC(=O)c2cc(C(=O)N(C)Cc3ccccc3)ccn2)c1. The van der Waals surface area contributed by atoms with Gasteiger partial charge >= 0.3 is 0 Å². The van der Waals surface area contributed by atoms with E-state index in [9.17, 15) is 9.59 Å². The Morgan fingerprint density at radius 1 is 0.964 bits per heavy atom. The van der Waals surface area contributed by atoms with E-state index in [0.717, 1.165) is 16.7 Å². The number of rotatable bonds is 5. The van der Waals surface area contributed by atoms with E-state index in [2.05, 4.69) is 10.3 Å². The van der Waals surface area contributed by atoms with Gasteiger partial charge in [-0.05, 0) is 54.8 Å². The molecule has 1 N–H and O–H groups in total. The van der Waals surface area contributed by atoms with Gasteiger partial charge in [0.1, 0.15) is 5.69 Å². The van der Waals surface area contributed by atoms with Gasteiger partial charge in [0.05, 0.1) is 0 Å². The molecule has 2 aromatic carbocycles. The monoisotopic (exact) mass is 373 g/mol. The number of anilines is 1. The molecule has 0 saturated heterocycles. The first kappa shape index (κ1) is 19.3. The van der Waals surface area contributed by atoms with Crippen LogP contribution in [0, 0.1) is 13.8 Å². The maximum Gasteiger partial charge on any atom is 0.274 e. The van der Waals surface area contributed by atoms with Crippen LogP contribution in [0.15, 0.2) is 66.9 Å². The molecule has 0 bridgehead atoms. The maximum absolute atomic E-state index is 12.7. The van der Waals surface area contributed by atoms with E-state index in [-0.39, 0.29) is 17.5 Å². The number of pyridine rings is 1. The van der Waals surface area contributed by atoms with Crippen LogP contribution in [0.3, 0.4) is 0 Å². The molecule has 28 heavy (non-hydrogen) atoms. The van der Waals surface area contributed by atoms with E-state index in [1.54, 1.807) is 18.0 Å². The van der Waals surface area contributed by atoms with Crippen molar-refractivity contribution in [3.8, 4) is 0 Å². The molecule has 0 aliphatic heterocycles. The Morgan fingerprint density at radius 3 is 2.32 bits per heavy atom. The first-order valence-electron chi connectivity index (χ1n) is 9.07. The van der Waals surface area contributed by atoms with Crippen LogP contribution in [-0.2, 0) is 6.54 Å². The van der Waals surface area contributed by atoms with Crippen molar-refractivity contribution in [2.75, 3.05) is 12.4 Å². The summed E-state index contributed by atoms with van der Waals surface area (Å²) in [5.74, 6) is -0.503. The third kappa shape index (κ3) is 4.82. The molecule has 0 aliphatic rings. The number of aromatic nitrogens is 1. The summed E-state index contributed by atoms with van der Waals surface area (Å²) >= 11 is 0. The van der Waals surface area contributed by atoms with E-state index < -0.39 is 0 Å². The second kappa shape index (κ2) is 8.48. The van der Waals surface area contributed by atoms with E-state index >= 15 is 0 Å². The van der Waals surface area contributed by atoms with Crippen molar-refractivity contribution in [2.45, 2.75) is 20.4 Å². The van der Waals surface area contributed by atoms with Crippen molar-refractivity contribution in [2.24, 2.45) is 0 Å². The molecular weight excluding hydrogens is 350 g/mol. The van der Waals surface area contributed by atoms with Crippen molar-refractivity contribution in [3.05, 3.63) is 94.8 Å². The average molecular weight is 373 g/mol. The molecule has 0 spiro atoms. The van der Waals surface area contributed by atoms with Crippen LogP contribution in [0.2, 0.25) is 0 Å². The van der Waals surface area contributed by atoms with Gasteiger partial charge in [-0.3, -0.25) is 14.6 Å². The zero-order valence-corrected chi connectivity index (χ0v) is 16.3. The van der Waals surface area contributed by atoms with Crippen LogP contribution in [0.25, 0.3) is 0 Å². The van der Waals surface area contributed by atoms with Gasteiger partial charge in [0.15, 0.2) is 0 Å². The van der Waals surface area contributed by atoms with Crippen LogP contribution in [0.1, 0.15) is 37.5 Å². The van der Waals surface area contributed by atoms with Gasteiger partial charge in [0.25, 0.3) is 11.8 Å². The number of hydrogen-bond acceptors (Lipinski definition) is 3. The highest BCUT2D eigenvalue weighted by Gasteiger charge is 2.16. The Labute approximate surface area is 165 Å². The van der Waals surface area contributed by atoms with Crippen molar-refractivity contribution < 1.29 is 9.59 Å². The summed E-state index contributed by atoms with van der Waals surface area (Å²) < 4.78 is 0. The summed E-state index contributed by atoms with van der Waals surface area (Å²) in [6.45, 7) is 4.44. The van der Waals surface area contributed by atoms with Gasteiger partial charge in [-0.25, -0.2) is 0 Å². The van der Waals surface area contributed by atoms with E-state index in [4.69, 9.17) is 0 Å². The lowest BCUT2D eigenvalue weighted by atomic mass is 10.1. The number of nitrogens with one attached hydrogen (secondary N) is 1. The number of benzene rings is 2. The van der Waals surface area contributed by atoms with Crippen molar-refractivity contribution >= 4 is 17.5 Å². The van der Waals surface area contributed by atoms with Gasteiger partial charge in [-0.15, -0.1) is 0 Å². The molecule has 0 fully saturated rings. The van der Waals surface area contributed by atoms with Crippen LogP contribution in [0.4, 0.5) is 5.69 Å². The molecule has 0 radical (unpaired) electrons. The quantitative estimate of drug-likeness (QED) is 0.728. The lowest BCUT2D eigenvalue weighted by Crippen LogP contribution is -2.26. The summed E-state index contributed by atoms with van der Waals surface area (Å²) in [7, 11) is 1.74. The molecule has 0 unspecified atom stereocenters. The third-order valence-corrected chi connectivity index (χ3v) is 4.33. The first-order valence-corrected chi connectivity index (χ1v) is 9.07. The summed E-state index contributed by atoms with van der Waals surface area (Å²) in [6.07, 6.45) is 1.49. The van der Waals surface area contributed by atoms with Crippen LogP contribution in [0.5, 0.6) is 0 Å². The van der Waals surface area contributed by atoms with Crippen molar-refractivity contribution in [1.82, 2.24) is 9.88 Å². The summed E-state index contributed by atoms with van der Waals surface area (Å²) in [6, 6.07) is 18.7. The van der Waals surface area contributed by atoms with Crippen molar-refractivity contribution in [3.63, 3.8) is 0 Å².